The molecule has 4 rings (SSSR count). The summed E-state index contributed by atoms with van der Waals surface area (Å²) in [5, 5.41) is 4.10. The number of ether oxygens (including phenoxy) is 2. The molecular formula is C28H35N5O5. The van der Waals surface area contributed by atoms with E-state index in [9.17, 15) is 9.59 Å². The quantitative estimate of drug-likeness (QED) is 0.380. The number of piperazine rings is 1. The van der Waals surface area contributed by atoms with Crippen LogP contribution >= 0.6 is 0 Å². The molecule has 0 saturated carbocycles. The molecule has 1 aliphatic rings. The van der Waals surface area contributed by atoms with Crippen molar-refractivity contribution in [3.8, 4) is 11.5 Å². The second kappa shape index (κ2) is 13.0. The number of aromatic nitrogens is 2. The number of carbonyl (C=O) groups excluding carboxylic acids is 2. The number of aryl methyl sites for hydroxylation is 1. The first-order valence-corrected chi connectivity index (χ1v) is 12.9. The Labute approximate surface area is 223 Å². The van der Waals surface area contributed by atoms with Gasteiger partial charge in [-0.2, -0.15) is 4.98 Å². The van der Waals surface area contributed by atoms with Crippen LogP contribution in [-0.4, -0.2) is 83.6 Å². The first kappa shape index (κ1) is 27.1. The van der Waals surface area contributed by atoms with Gasteiger partial charge in [0.05, 0.1) is 20.8 Å². The van der Waals surface area contributed by atoms with E-state index in [1.54, 1.807) is 32.4 Å². The summed E-state index contributed by atoms with van der Waals surface area (Å²) in [7, 11) is 3.12. The average molecular weight is 522 g/mol. The number of carbonyl (C=O) groups is 2. The van der Waals surface area contributed by atoms with E-state index in [4.69, 9.17) is 14.0 Å². The Hall–Kier alpha value is -3.92. The summed E-state index contributed by atoms with van der Waals surface area (Å²) in [4.78, 5) is 36.0. The highest BCUT2D eigenvalue weighted by Gasteiger charge is 2.24. The maximum absolute atomic E-state index is 13.0. The molecule has 10 nitrogen and oxygen atoms in total. The predicted octanol–water partition coefficient (Wildman–Crippen LogP) is 3.03. The van der Waals surface area contributed by atoms with Crippen LogP contribution in [0.25, 0.3) is 0 Å². The van der Waals surface area contributed by atoms with Gasteiger partial charge in [-0.05, 0) is 30.7 Å². The molecule has 1 saturated heterocycles. The Morgan fingerprint density at radius 2 is 1.74 bits per heavy atom. The largest absolute Gasteiger partial charge is 0.493 e. The Balaban J connectivity index is 1.23. The molecule has 0 aliphatic carbocycles. The van der Waals surface area contributed by atoms with Crippen molar-refractivity contribution in [1.82, 2.24) is 24.8 Å². The predicted molar refractivity (Wildman–Crippen MR) is 141 cm³/mol. The first-order chi connectivity index (χ1) is 18.5. The van der Waals surface area contributed by atoms with Crippen molar-refractivity contribution in [3.63, 3.8) is 0 Å². The number of hydrogen-bond acceptors (Lipinski definition) is 8. The Morgan fingerprint density at radius 1 is 1.00 bits per heavy atom. The Bertz CT molecular complexity index is 1210. The van der Waals surface area contributed by atoms with Gasteiger partial charge in [0.15, 0.2) is 17.3 Å². The molecule has 2 aromatic carbocycles. The van der Waals surface area contributed by atoms with Crippen molar-refractivity contribution in [2.24, 2.45) is 0 Å². The van der Waals surface area contributed by atoms with Gasteiger partial charge in [-0.25, -0.2) is 0 Å². The van der Waals surface area contributed by atoms with Crippen LogP contribution in [0.1, 0.15) is 41.0 Å². The van der Waals surface area contributed by atoms with Gasteiger partial charge in [-0.1, -0.05) is 35.5 Å². The van der Waals surface area contributed by atoms with Crippen molar-refractivity contribution in [2.45, 2.75) is 32.9 Å². The molecule has 2 amide bonds. The summed E-state index contributed by atoms with van der Waals surface area (Å²) in [6, 6.07) is 15.2. The van der Waals surface area contributed by atoms with Gasteiger partial charge in [-0.3, -0.25) is 14.5 Å². The van der Waals surface area contributed by atoms with Crippen molar-refractivity contribution in [3.05, 3.63) is 71.4 Å². The fourth-order valence-electron chi connectivity index (χ4n) is 4.47. The van der Waals surface area contributed by atoms with Gasteiger partial charge in [-0.15, -0.1) is 0 Å². The van der Waals surface area contributed by atoms with Gasteiger partial charge in [0.1, 0.15) is 0 Å². The zero-order valence-corrected chi connectivity index (χ0v) is 22.3. The maximum Gasteiger partial charge on any atom is 0.254 e. The molecule has 0 spiro atoms. The zero-order valence-electron chi connectivity index (χ0n) is 22.3. The number of methoxy groups -OCH3 is 2. The molecule has 202 valence electrons. The highest BCUT2D eigenvalue weighted by Crippen LogP contribution is 2.28. The fourth-order valence-corrected chi connectivity index (χ4v) is 4.47. The van der Waals surface area contributed by atoms with Gasteiger partial charge in [0.25, 0.3) is 5.91 Å². The van der Waals surface area contributed by atoms with E-state index in [1.807, 2.05) is 47.1 Å². The van der Waals surface area contributed by atoms with Crippen molar-refractivity contribution < 1.29 is 23.6 Å². The number of hydrogen-bond donors (Lipinski definition) is 0. The average Bonchev–Trinajstić information content (AvgIpc) is 3.41. The third kappa shape index (κ3) is 6.89. The van der Waals surface area contributed by atoms with Crippen LogP contribution in [0, 0.1) is 0 Å². The maximum atomic E-state index is 13.0. The van der Waals surface area contributed by atoms with Crippen LogP contribution in [0.15, 0.2) is 53.1 Å². The van der Waals surface area contributed by atoms with Crippen LogP contribution in [0.2, 0.25) is 0 Å². The lowest BCUT2D eigenvalue weighted by Crippen LogP contribution is -2.48. The second-order valence-corrected chi connectivity index (χ2v) is 9.14. The topological polar surface area (TPSA) is 101 Å². The molecule has 2 heterocycles. The molecule has 38 heavy (non-hydrogen) atoms. The van der Waals surface area contributed by atoms with Crippen LogP contribution < -0.4 is 9.47 Å². The third-order valence-corrected chi connectivity index (χ3v) is 6.67. The summed E-state index contributed by atoms with van der Waals surface area (Å²) < 4.78 is 16.0. The molecule has 0 radical (unpaired) electrons. The SMILES string of the molecule is CCN(Cc1ccccc1)C(=O)CCc1nc(CN2CCN(C(=O)c3ccc(OC)c(OC)c3)CC2)no1. The third-order valence-electron chi connectivity index (χ3n) is 6.67. The van der Waals surface area contributed by atoms with E-state index in [0.717, 1.165) is 5.56 Å². The summed E-state index contributed by atoms with van der Waals surface area (Å²) >= 11 is 0. The number of benzene rings is 2. The lowest BCUT2D eigenvalue weighted by Gasteiger charge is -2.34. The molecule has 1 fully saturated rings. The number of nitrogens with zero attached hydrogens (tertiary/aromatic N) is 5. The monoisotopic (exact) mass is 521 g/mol. The van der Waals surface area contributed by atoms with E-state index < -0.39 is 0 Å². The minimum Gasteiger partial charge on any atom is -0.493 e. The molecule has 0 bridgehead atoms. The van der Waals surface area contributed by atoms with Crippen LogP contribution in [0.5, 0.6) is 11.5 Å². The lowest BCUT2D eigenvalue weighted by molar-refractivity contribution is -0.131. The molecule has 3 aromatic rings. The standard InChI is InChI=1S/C28H35N5O5/c1-4-32(19-21-8-6-5-7-9-21)27(34)13-12-26-29-25(30-38-26)20-31-14-16-33(17-15-31)28(35)22-10-11-23(36-2)24(18-22)37-3/h5-11,18H,4,12-17,19-20H2,1-3H3. The summed E-state index contributed by atoms with van der Waals surface area (Å²) in [6.45, 7) is 6.34. The number of amides is 2. The highest BCUT2D eigenvalue weighted by atomic mass is 16.5. The van der Waals surface area contributed by atoms with E-state index in [0.29, 0.717) is 87.4 Å². The normalized spacial score (nSPS) is 13.8. The van der Waals surface area contributed by atoms with Gasteiger partial charge < -0.3 is 23.8 Å². The summed E-state index contributed by atoms with van der Waals surface area (Å²) in [5.41, 5.74) is 1.67. The zero-order chi connectivity index (χ0) is 26.9. The Kier molecular flexibility index (Phi) is 9.31. The summed E-state index contributed by atoms with van der Waals surface area (Å²) in [6.07, 6.45) is 0.726. The van der Waals surface area contributed by atoms with E-state index in [2.05, 4.69) is 15.0 Å². The van der Waals surface area contributed by atoms with E-state index in [-0.39, 0.29) is 11.8 Å². The first-order valence-electron chi connectivity index (χ1n) is 12.9. The van der Waals surface area contributed by atoms with Crippen LogP contribution in [-0.2, 0) is 24.3 Å². The van der Waals surface area contributed by atoms with Crippen molar-refractivity contribution in [2.75, 3.05) is 46.9 Å². The minimum absolute atomic E-state index is 0.0366. The molecule has 0 atom stereocenters. The molecule has 10 heteroatoms. The molecule has 1 aromatic heterocycles. The van der Waals surface area contributed by atoms with Crippen LogP contribution in [0.4, 0.5) is 0 Å². The Morgan fingerprint density at radius 3 is 2.42 bits per heavy atom. The van der Waals surface area contributed by atoms with Crippen LogP contribution in [0.3, 0.4) is 0 Å². The van der Waals surface area contributed by atoms with Gasteiger partial charge in [0.2, 0.25) is 11.8 Å². The van der Waals surface area contributed by atoms with E-state index >= 15 is 0 Å². The lowest BCUT2D eigenvalue weighted by atomic mass is 10.1. The van der Waals surface area contributed by atoms with E-state index in [1.165, 1.54) is 0 Å². The smallest absolute Gasteiger partial charge is 0.254 e. The number of rotatable bonds is 11. The fraction of sp³-hybridized carbons (Fsp3) is 0.429. The van der Waals surface area contributed by atoms with Gasteiger partial charge >= 0.3 is 0 Å². The van der Waals surface area contributed by atoms with Gasteiger partial charge in [0, 0.05) is 57.7 Å². The molecule has 1 aliphatic heterocycles. The summed E-state index contributed by atoms with van der Waals surface area (Å²) in [5.74, 6) is 2.20. The molecular weight excluding hydrogens is 486 g/mol. The molecule has 0 N–H and O–H groups in total. The highest BCUT2D eigenvalue weighted by molar-refractivity contribution is 5.95. The van der Waals surface area contributed by atoms with Crippen molar-refractivity contribution in [1.29, 1.82) is 0 Å². The van der Waals surface area contributed by atoms with Crippen molar-refractivity contribution >= 4 is 11.8 Å². The minimum atomic E-state index is -0.0366. The molecule has 0 unspecified atom stereocenters. The second-order valence-electron chi connectivity index (χ2n) is 9.14.